The monoisotopic (exact) mass is 679 g/mol. The van der Waals surface area contributed by atoms with E-state index in [2.05, 4.69) is 16.7 Å². The van der Waals surface area contributed by atoms with Gasteiger partial charge in [-0.2, -0.15) is 10.1 Å². The molecule has 47 heavy (non-hydrogen) atoms. The molecule has 1 unspecified atom stereocenters. The second-order valence-corrected chi connectivity index (χ2v) is 14.8. The standard InChI is InChI=1S/C38H50ClN3O4S/c1-3-4-5-6-7-8-9-10-11-12-13-14-15-16-29-47(44,45)41-33-23-25-34(26-24-33)42-38(43)37(46-35-27-17-30(2)18-28-35)36(40-42)31-19-21-32(39)22-20-31/h17-28,37,41H,3-16,29H2,1-2H3. The summed E-state index contributed by atoms with van der Waals surface area (Å²) in [6.07, 6.45) is 16.1. The summed E-state index contributed by atoms with van der Waals surface area (Å²) in [5.41, 5.74) is 3.21. The van der Waals surface area contributed by atoms with Crippen molar-refractivity contribution in [3.63, 3.8) is 0 Å². The van der Waals surface area contributed by atoms with Gasteiger partial charge in [-0.15, -0.1) is 0 Å². The molecular formula is C38H50ClN3O4S. The fourth-order valence-corrected chi connectivity index (χ4v) is 7.01. The van der Waals surface area contributed by atoms with Gasteiger partial charge in [-0.25, -0.2) is 8.42 Å². The summed E-state index contributed by atoms with van der Waals surface area (Å²) in [5.74, 6) is 0.298. The largest absolute Gasteiger partial charge is 0.474 e. The van der Waals surface area contributed by atoms with Crippen molar-refractivity contribution in [2.45, 2.75) is 110 Å². The van der Waals surface area contributed by atoms with Crippen molar-refractivity contribution in [2.24, 2.45) is 5.10 Å². The Bertz CT molecular complexity index is 1520. The fourth-order valence-electron chi connectivity index (χ4n) is 5.70. The summed E-state index contributed by atoms with van der Waals surface area (Å²) < 4.78 is 34.3. The quantitative estimate of drug-likeness (QED) is 0.114. The van der Waals surface area contributed by atoms with E-state index in [1.807, 2.05) is 31.2 Å². The number of halogens is 1. The van der Waals surface area contributed by atoms with Crippen LogP contribution in [0.15, 0.2) is 77.9 Å². The highest BCUT2D eigenvalue weighted by atomic mass is 35.5. The van der Waals surface area contributed by atoms with Crippen molar-refractivity contribution >= 4 is 44.6 Å². The lowest BCUT2D eigenvalue weighted by Gasteiger charge is -2.17. The summed E-state index contributed by atoms with van der Waals surface area (Å²) in [6.45, 7) is 4.24. The first kappa shape index (κ1) is 36.5. The molecule has 254 valence electrons. The minimum Gasteiger partial charge on any atom is -0.474 e. The smallest absolute Gasteiger partial charge is 0.294 e. The van der Waals surface area contributed by atoms with Gasteiger partial charge >= 0.3 is 0 Å². The predicted molar refractivity (Wildman–Crippen MR) is 195 cm³/mol. The van der Waals surface area contributed by atoms with Gasteiger partial charge in [-0.3, -0.25) is 9.52 Å². The lowest BCUT2D eigenvalue weighted by Crippen LogP contribution is -2.37. The number of hydrogen-bond donors (Lipinski definition) is 1. The minimum atomic E-state index is -3.48. The summed E-state index contributed by atoms with van der Waals surface area (Å²) in [7, 11) is -3.48. The molecule has 0 radical (unpaired) electrons. The molecule has 1 aliphatic heterocycles. The Morgan fingerprint density at radius 3 is 1.83 bits per heavy atom. The molecule has 0 saturated carbocycles. The number of ether oxygens (including phenoxy) is 1. The average Bonchev–Trinajstić information content (AvgIpc) is 3.38. The highest BCUT2D eigenvalue weighted by Crippen LogP contribution is 2.28. The number of hydrazone groups is 1. The molecule has 3 aromatic rings. The van der Waals surface area contributed by atoms with Crippen molar-refractivity contribution in [3.8, 4) is 5.75 Å². The number of amides is 1. The van der Waals surface area contributed by atoms with Crippen LogP contribution in [-0.4, -0.2) is 31.9 Å². The number of hydrogen-bond acceptors (Lipinski definition) is 5. The number of benzene rings is 3. The normalized spacial score (nSPS) is 14.8. The van der Waals surface area contributed by atoms with E-state index < -0.39 is 16.1 Å². The first-order chi connectivity index (χ1) is 22.8. The van der Waals surface area contributed by atoms with Crippen LogP contribution in [0.4, 0.5) is 11.4 Å². The van der Waals surface area contributed by atoms with Crippen LogP contribution in [0.2, 0.25) is 5.02 Å². The molecule has 0 aliphatic carbocycles. The number of nitrogens with zero attached hydrogens (tertiary/aromatic N) is 2. The maximum absolute atomic E-state index is 13.6. The Morgan fingerprint density at radius 2 is 1.28 bits per heavy atom. The van der Waals surface area contributed by atoms with Crippen molar-refractivity contribution < 1.29 is 17.9 Å². The van der Waals surface area contributed by atoms with Gasteiger partial charge < -0.3 is 4.74 Å². The van der Waals surface area contributed by atoms with E-state index in [9.17, 15) is 13.2 Å². The maximum Gasteiger partial charge on any atom is 0.294 e. The van der Waals surface area contributed by atoms with Crippen molar-refractivity contribution in [2.75, 3.05) is 15.5 Å². The van der Waals surface area contributed by atoms with E-state index in [1.54, 1.807) is 48.5 Å². The van der Waals surface area contributed by atoms with Crippen LogP contribution in [-0.2, 0) is 14.8 Å². The van der Waals surface area contributed by atoms with Crippen LogP contribution < -0.4 is 14.5 Å². The summed E-state index contributed by atoms with van der Waals surface area (Å²) >= 11 is 6.10. The molecule has 4 rings (SSSR count). The number of carbonyl (C=O) groups excluding carboxylic acids is 1. The first-order valence-corrected chi connectivity index (χ1v) is 19.3. The van der Waals surface area contributed by atoms with Crippen LogP contribution in [0.3, 0.4) is 0 Å². The molecule has 1 atom stereocenters. The fraction of sp³-hybridized carbons (Fsp3) is 0.474. The topological polar surface area (TPSA) is 88.1 Å². The molecular weight excluding hydrogens is 630 g/mol. The van der Waals surface area contributed by atoms with Crippen LogP contribution in [0.1, 0.15) is 108 Å². The van der Waals surface area contributed by atoms with Gasteiger partial charge in [0.25, 0.3) is 5.91 Å². The van der Waals surface area contributed by atoms with E-state index >= 15 is 0 Å². The summed E-state index contributed by atoms with van der Waals surface area (Å²) in [6, 6.07) is 21.3. The molecule has 1 amide bonds. The minimum absolute atomic E-state index is 0.0875. The van der Waals surface area contributed by atoms with E-state index in [1.165, 1.54) is 75.6 Å². The molecule has 0 bridgehead atoms. The van der Waals surface area contributed by atoms with Crippen LogP contribution in [0.5, 0.6) is 5.75 Å². The highest BCUT2D eigenvalue weighted by molar-refractivity contribution is 7.92. The number of nitrogens with one attached hydrogen (secondary N) is 1. The Morgan fingerprint density at radius 1 is 0.745 bits per heavy atom. The Balaban J connectivity index is 1.23. The van der Waals surface area contributed by atoms with E-state index in [4.69, 9.17) is 16.3 Å². The maximum atomic E-state index is 13.6. The zero-order valence-electron chi connectivity index (χ0n) is 27.9. The van der Waals surface area contributed by atoms with Gasteiger partial charge in [-0.05, 0) is 61.9 Å². The number of carbonyl (C=O) groups is 1. The van der Waals surface area contributed by atoms with Crippen molar-refractivity contribution in [1.29, 1.82) is 0 Å². The summed E-state index contributed by atoms with van der Waals surface area (Å²) in [4.78, 5) is 13.6. The van der Waals surface area contributed by atoms with Gasteiger partial charge in [-0.1, -0.05) is 132 Å². The van der Waals surface area contributed by atoms with Crippen molar-refractivity contribution in [1.82, 2.24) is 0 Å². The Labute approximate surface area is 286 Å². The van der Waals surface area contributed by atoms with E-state index in [0.29, 0.717) is 34.3 Å². The van der Waals surface area contributed by atoms with Crippen LogP contribution in [0, 0.1) is 6.92 Å². The van der Waals surface area contributed by atoms with Gasteiger partial charge in [0, 0.05) is 16.3 Å². The van der Waals surface area contributed by atoms with Gasteiger partial charge in [0.1, 0.15) is 11.5 Å². The number of unbranched alkanes of at least 4 members (excludes halogenated alkanes) is 13. The second kappa shape index (κ2) is 18.8. The number of anilines is 2. The molecule has 0 spiro atoms. The molecule has 0 saturated heterocycles. The molecule has 0 fully saturated rings. The van der Waals surface area contributed by atoms with Crippen LogP contribution in [0.25, 0.3) is 0 Å². The van der Waals surface area contributed by atoms with Crippen LogP contribution >= 0.6 is 11.6 Å². The number of sulfonamides is 1. The number of rotatable bonds is 21. The third kappa shape index (κ3) is 12.0. The average molecular weight is 680 g/mol. The second-order valence-electron chi connectivity index (χ2n) is 12.5. The molecule has 1 heterocycles. The lowest BCUT2D eigenvalue weighted by molar-refractivity contribution is -0.121. The number of aryl methyl sites for hydroxylation is 1. The zero-order chi connectivity index (χ0) is 33.5. The Hall–Kier alpha value is -3.36. The first-order valence-electron chi connectivity index (χ1n) is 17.3. The molecule has 3 aromatic carbocycles. The van der Waals surface area contributed by atoms with Crippen molar-refractivity contribution in [3.05, 3.63) is 88.9 Å². The van der Waals surface area contributed by atoms with Gasteiger partial charge in [0.05, 0.1) is 11.4 Å². The predicted octanol–water partition coefficient (Wildman–Crippen LogP) is 10.1. The molecule has 9 heteroatoms. The molecule has 1 aliphatic rings. The lowest BCUT2D eigenvalue weighted by atomic mass is 10.0. The molecule has 7 nitrogen and oxygen atoms in total. The Kier molecular flexibility index (Phi) is 14.6. The zero-order valence-corrected chi connectivity index (χ0v) is 29.5. The van der Waals surface area contributed by atoms with E-state index in [-0.39, 0.29) is 11.7 Å². The third-order valence-electron chi connectivity index (χ3n) is 8.46. The van der Waals surface area contributed by atoms with Gasteiger partial charge in [0.2, 0.25) is 16.1 Å². The summed E-state index contributed by atoms with van der Waals surface area (Å²) in [5, 5.41) is 6.51. The van der Waals surface area contributed by atoms with Gasteiger partial charge in [0.15, 0.2) is 0 Å². The van der Waals surface area contributed by atoms with E-state index in [0.717, 1.165) is 24.0 Å². The third-order valence-corrected chi connectivity index (χ3v) is 10.1. The SMILES string of the molecule is CCCCCCCCCCCCCCCCS(=O)(=O)Nc1ccc(N2N=C(c3ccc(Cl)cc3)C(Oc3ccc(C)cc3)C2=O)cc1. The molecule has 0 aromatic heterocycles. The highest BCUT2D eigenvalue weighted by Gasteiger charge is 2.39. The molecule has 1 N–H and O–H groups in total.